The van der Waals surface area contributed by atoms with Gasteiger partial charge in [0.15, 0.2) is 0 Å². The van der Waals surface area contributed by atoms with Gasteiger partial charge >= 0.3 is 0 Å². The maximum Gasteiger partial charge on any atom is 0.143 e. The highest BCUT2D eigenvalue weighted by atomic mass is 35.5. The molecule has 8 heavy (non-hydrogen) atoms. The van der Waals surface area contributed by atoms with Crippen molar-refractivity contribution in [3.05, 3.63) is 11.1 Å². The molecule has 0 spiro atoms. The van der Waals surface area contributed by atoms with E-state index in [1.807, 2.05) is 0 Å². The topological polar surface area (TPSA) is 23.8 Å². The van der Waals surface area contributed by atoms with Crippen molar-refractivity contribution in [2.24, 2.45) is 0 Å². The van der Waals surface area contributed by atoms with Gasteiger partial charge in [0.1, 0.15) is 4.84 Å². The summed E-state index contributed by atoms with van der Waals surface area (Å²) >= 11 is 15.6. The Morgan fingerprint density at radius 1 is 1.62 bits per heavy atom. The lowest BCUT2D eigenvalue weighted by Gasteiger charge is -1.90. The van der Waals surface area contributed by atoms with Gasteiger partial charge in [-0.15, -0.1) is 0 Å². The molecule has 0 rings (SSSR count). The molecule has 0 aromatic heterocycles. The molecule has 0 aliphatic heterocycles. The number of allylic oxidation sites excluding steroid dienone is 1. The number of halogens is 3. The first-order valence-corrected chi connectivity index (χ1v) is 3.01. The minimum absolute atomic E-state index is 0.162. The molecule has 0 unspecified atom stereocenters. The predicted octanol–water partition coefficient (Wildman–Crippen LogP) is 2.44. The van der Waals surface area contributed by atoms with Crippen LogP contribution in [0.15, 0.2) is 11.1 Å². The highest BCUT2D eigenvalue weighted by Crippen LogP contribution is 2.13. The smallest absolute Gasteiger partial charge is 0.143 e. The van der Waals surface area contributed by atoms with Crippen LogP contribution in [-0.2, 0) is 0 Å². The van der Waals surface area contributed by atoms with Crippen molar-refractivity contribution in [1.29, 1.82) is 5.26 Å². The molecule has 0 saturated heterocycles. The van der Waals surface area contributed by atoms with Gasteiger partial charge in [0.2, 0.25) is 0 Å². The Kier molecular flexibility index (Phi) is 4.08. The van der Waals surface area contributed by atoms with E-state index in [4.69, 9.17) is 40.1 Å². The van der Waals surface area contributed by atoms with Crippen molar-refractivity contribution in [2.45, 2.75) is 4.84 Å². The van der Waals surface area contributed by atoms with Gasteiger partial charge in [0.25, 0.3) is 0 Å². The van der Waals surface area contributed by atoms with E-state index >= 15 is 0 Å². The Labute approximate surface area is 62.4 Å². The highest BCUT2D eigenvalue weighted by Gasteiger charge is 2.03. The number of nitriles is 1. The van der Waals surface area contributed by atoms with E-state index in [0.29, 0.717) is 0 Å². The summed E-state index contributed by atoms with van der Waals surface area (Å²) in [6, 6.07) is 1.72. The number of rotatable bonds is 1. The molecule has 0 amide bonds. The largest absolute Gasteiger partial charge is 0.193 e. The van der Waals surface area contributed by atoms with Gasteiger partial charge in [-0.3, -0.25) is 0 Å². The van der Waals surface area contributed by atoms with E-state index in [-0.39, 0.29) is 5.57 Å². The molecule has 4 heteroatoms. The first-order valence-electron chi connectivity index (χ1n) is 1.71. The second kappa shape index (κ2) is 4.03. The molecule has 0 saturated carbocycles. The van der Waals surface area contributed by atoms with Crippen LogP contribution in [0, 0.1) is 11.3 Å². The lowest BCUT2D eigenvalue weighted by atomic mass is 10.4. The lowest BCUT2D eigenvalue weighted by molar-refractivity contribution is 1.41. The van der Waals surface area contributed by atoms with Crippen molar-refractivity contribution >= 4 is 34.8 Å². The second-order valence-electron chi connectivity index (χ2n) is 0.977. The summed E-state index contributed by atoms with van der Waals surface area (Å²) in [7, 11) is 0. The first-order chi connectivity index (χ1) is 3.72. The van der Waals surface area contributed by atoms with E-state index in [9.17, 15) is 0 Å². The standard InChI is InChI=1S/C4H2Cl3N/c5-1-3(2-8)4(6)7/h1,4H/b3-1+. The van der Waals surface area contributed by atoms with Crippen LogP contribution in [0.1, 0.15) is 0 Å². The zero-order chi connectivity index (χ0) is 6.57. The third-order valence-corrected chi connectivity index (χ3v) is 1.19. The van der Waals surface area contributed by atoms with E-state index < -0.39 is 4.84 Å². The monoisotopic (exact) mass is 169 g/mol. The number of alkyl halides is 2. The fourth-order valence-electron chi connectivity index (χ4n) is 0.121. The number of hydrogen-bond donors (Lipinski definition) is 0. The third-order valence-electron chi connectivity index (χ3n) is 0.482. The summed E-state index contributed by atoms with van der Waals surface area (Å²) in [5.74, 6) is 0. The molecular formula is C4H2Cl3N. The van der Waals surface area contributed by atoms with Crippen LogP contribution in [0.3, 0.4) is 0 Å². The maximum absolute atomic E-state index is 8.12. The zero-order valence-electron chi connectivity index (χ0n) is 3.74. The van der Waals surface area contributed by atoms with E-state index in [2.05, 4.69) is 0 Å². The molecule has 0 N–H and O–H groups in total. The average molecular weight is 170 g/mol. The van der Waals surface area contributed by atoms with Gasteiger partial charge in [0.05, 0.1) is 11.6 Å². The molecule has 0 heterocycles. The molecule has 0 aliphatic rings. The summed E-state index contributed by atoms with van der Waals surface area (Å²) in [6.07, 6.45) is 0. The van der Waals surface area contributed by atoms with Crippen molar-refractivity contribution in [2.75, 3.05) is 0 Å². The molecule has 44 valence electrons. The Bertz CT molecular complexity index is 133. The predicted molar refractivity (Wildman–Crippen MR) is 35.0 cm³/mol. The van der Waals surface area contributed by atoms with E-state index in [1.165, 1.54) is 0 Å². The van der Waals surface area contributed by atoms with Crippen molar-refractivity contribution in [3.8, 4) is 6.07 Å². The van der Waals surface area contributed by atoms with Gasteiger partial charge in [-0.2, -0.15) is 5.26 Å². The van der Waals surface area contributed by atoms with Crippen molar-refractivity contribution in [3.63, 3.8) is 0 Å². The summed E-state index contributed by atoms with van der Waals surface area (Å²) in [4.78, 5) is -0.808. The molecule has 0 atom stereocenters. The summed E-state index contributed by atoms with van der Waals surface area (Å²) in [5.41, 5.74) is 1.22. The average Bonchev–Trinajstić information content (AvgIpc) is 1.69. The van der Waals surface area contributed by atoms with Gasteiger partial charge in [-0.05, 0) is 0 Å². The number of hydrogen-bond acceptors (Lipinski definition) is 1. The second-order valence-corrected chi connectivity index (χ2v) is 2.29. The summed E-state index contributed by atoms with van der Waals surface area (Å²) in [6.45, 7) is 0. The van der Waals surface area contributed by atoms with Gasteiger partial charge in [0, 0.05) is 5.54 Å². The van der Waals surface area contributed by atoms with E-state index in [1.54, 1.807) is 6.07 Å². The van der Waals surface area contributed by atoms with Crippen molar-refractivity contribution < 1.29 is 0 Å². The van der Waals surface area contributed by atoms with Crippen LogP contribution in [0.4, 0.5) is 0 Å². The molecule has 0 bridgehead atoms. The molecule has 0 radical (unpaired) electrons. The summed E-state index contributed by atoms with van der Waals surface area (Å²) < 4.78 is 0. The Hall–Kier alpha value is 0.1000. The minimum atomic E-state index is -0.808. The van der Waals surface area contributed by atoms with Crippen LogP contribution in [0.25, 0.3) is 0 Å². The van der Waals surface area contributed by atoms with Crippen LogP contribution < -0.4 is 0 Å². The molecule has 0 aromatic carbocycles. The molecule has 0 fully saturated rings. The fourth-order valence-corrected chi connectivity index (χ4v) is 0.648. The Balaban J connectivity index is 3.98. The van der Waals surface area contributed by atoms with Crippen LogP contribution >= 0.6 is 34.8 Å². The van der Waals surface area contributed by atoms with Gasteiger partial charge < -0.3 is 0 Å². The van der Waals surface area contributed by atoms with E-state index in [0.717, 1.165) is 5.54 Å². The lowest BCUT2D eigenvalue weighted by Crippen LogP contribution is -1.87. The third kappa shape index (κ3) is 2.42. The van der Waals surface area contributed by atoms with Gasteiger partial charge in [-0.25, -0.2) is 0 Å². The Morgan fingerprint density at radius 3 is 2.12 bits per heavy atom. The molecule has 0 aromatic rings. The quantitative estimate of drug-likeness (QED) is 0.438. The summed E-state index contributed by atoms with van der Waals surface area (Å²) in [5, 5.41) is 8.12. The first kappa shape index (κ1) is 8.10. The highest BCUT2D eigenvalue weighted by molar-refractivity contribution is 6.47. The molecule has 1 nitrogen and oxygen atoms in total. The Morgan fingerprint density at radius 2 is 2.12 bits per heavy atom. The van der Waals surface area contributed by atoms with Crippen LogP contribution in [0.2, 0.25) is 0 Å². The SMILES string of the molecule is N#C/C(=C\Cl)C(Cl)Cl. The number of nitrogens with zero attached hydrogens (tertiary/aromatic N) is 1. The molecule has 0 aliphatic carbocycles. The fraction of sp³-hybridized carbons (Fsp3) is 0.250. The van der Waals surface area contributed by atoms with Gasteiger partial charge in [-0.1, -0.05) is 34.8 Å². The molecular weight excluding hydrogens is 168 g/mol. The normalized spacial score (nSPS) is 11.6. The van der Waals surface area contributed by atoms with Crippen LogP contribution in [-0.4, -0.2) is 4.84 Å². The van der Waals surface area contributed by atoms with Crippen LogP contribution in [0.5, 0.6) is 0 Å². The maximum atomic E-state index is 8.12. The zero-order valence-corrected chi connectivity index (χ0v) is 6.00. The minimum Gasteiger partial charge on any atom is -0.193 e. The van der Waals surface area contributed by atoms with Crippen molar-refractivity contribution in [1.82, 2.24) is 0 Å².